The Labute approximate surface area is 215 Å². The highest BCUT2D eigenvalue weighted by Crippen LogP contribution is 2.46. The lowest BCUT2D eigenvalue weighted by Gasteiger charge is -2.25. The average Bonchev–Trinajstić information content (AvgIpc) is 3.55. The lowest BCUT2D eigenvalue weighted by molar-refractivity contribution is -0.117. The van der Waals surface area contributed by atoms with Gasteiger partial charge in [0, 0.05) is 5.02 Å². The van der Waals surface area contributed by atoms with Gasteiger partial charge in [0.25, 0.3) is 5.91 Å². The van der Waals surface area contributed by atoms with Crippen LogP contribution in [0.25, 0.3) is 10.2 Å². The summed E-state index contributed by atoms with van der Waals surface area (Å²) < 4.78 is 17.4. The molecule has 8 nitrogen and oxygen atoms in total. The van der Waals surface area contributed by atoms with Crippen molar-refractivity contribution < 1.29 is 28.6 Å². The summed E-state index contributed by atoms with van der Waals surface area (Å²) in [6.45, 7) is 3.99. The maximum Gasteiger partial charge on any atom is 0.296 e. The summed E-state index contributed by atoms with van der Waals surface area (Å²) in [5.41, 5.74) is 1.05. The molecule has 0 fully saturated rings. The Bertz CT molecular complexity index is 1540. The molecular weight excluding hydrogens is 504 g/mol. The van der Waals surface area contributed by atoms with Crippen LogP contribution < -0.4 is 14.4 Å². The molecule has 184 valence electrons. The summed E-state index contributed by atoms with van der Waals surface area (Å²) in [4.78, 5) is 32.9. The van der Waals surface area contributed by atoms with Gasteiger partial charge in [-0.05, 0) is 61.9 Å². The monoisotopic (exact) mass is 524 g/mol. The normalized spacial score (nSPS) is 15.7. The Morgan fingerprint density at radius 2 is 2.00 bits per heavy atom. The number of fused-ring (bicyclic) bond motifs is 1. The molecule has 0 radical (unpaired) electrons. The average molecular weight is 525 g/mol. The fourth-order valence-corrected chi connectivity index (χ4v) is 5.43. The molecule has 2 aromatic heterocycles. The molecule has 0 saturated carbocycles. The molecule has 4 aromatic rings. The van der Waals surface area contributed by atoms with Crippen molar-refractivity contribution in [2.24, 2.45) is 0 Å². The predicted molar refractivity (Wildman–Crippen MR) is 136 cm³/mol. The number of rotatable bonds is 7. The summed E-state index contributed by atoms with van der Waals surface area (Å²) in [7, 11) is 1.50. The molecule has 10 heteroatoms. The maximum absolute atomic E-state index is 13.5. The maximum atomic E-state index is 13.5. The van der Waals surface area contributed by atoms with Crippen LogP contribution in [0.15, 0.2) is 64.3 Å². The molecule has 0 aliphatic carbocycles. The number of furan rings is 1. The number of aliphatic hydroxyl groups excluding tert-OH is 1. The molecular formula is C26H21ClN2O6S. The number of carbonyl (C=O) groups excluding carboxylic acids is 2. The molecule has 1 N–H and O–H groups in total. The van der Waals surface area contributed by atoms with E-state index in [9.17, 15) is 14.7 Å². The van der Waals surface area contributed by atoms with Crippen molar-refractivity contribution in [3.8, 4) is 11.5 Å². The lowest BCUT2D eigenvalue weighted by Crippen LogP contribution is -2.31. The van der Waals surface area contributed by atoms with E-state index in [4.69, 9.17) is 25.5 Å². The van der Waals surface area contributed by atoms with E-state index in [1.54, 1.807) is 49.4 Å². The fourth-order valence-electron chi connectivity index (χ4n) is 4.16. The molecule has 5 rings (SSSR count). The molecule has 36 heavy (non-hydrogen) atoms. The van der Waals surface area contributed by atoms with E-state index in [1.165, 1.54) is 29.4 Å². The van der Waals surface area contributed by atoms with Crippen molar-refractivity contribution in [2.75, 3.05) is 18.6 Å². The molecule has 2 aromatic carbocycles. The second-order valence-corrected chi connectivity index (χ2v) is 9.48. The third kappa shape index (κ3) is 4.00. The minimum atomic E-state index is -0.990. The lowest BCUT2D eigenvalue weighted by atomic mass is 9.95. The number of carbonyl (C=O) groups is 2. The molecule has 0 spiro atoms. The van der Waals surface area contributed by atoms with Crippen molar-refractivity contribution in [3.63, 3.8) is 0 Å². The van der Waals surface area contributed by atoms with Crippen molar-refractivity contribution in [1.29, 1.82) is 0 Å². The first-order valence-electron chi connectivity index (χ1n) is 11.1. The van der Waals surface area contributed by atoms with Gasteiger partial charge >= 0.3 is 0 Å². The van der Waals surface area contributed by atoms with E-state index in [0.717, 1.165) is 4.70 Å². The van der Waals surface area contributed by atoms with Crippen molar-refractivity contribution in [2.45, 2.75) is 19.9 Å². The first kappa shape index (κ1) is 23.9. The Morgan fingerprint density at radius 1 is 1.19 bits per heavy atom. The summed E-state index contributed by atoms with van der Waals surface area (Å²) in [5.74, 6) is -0.529. The zero-order valence-corrected chi connectivity index (χ0v) is 21.1. The van der Waals surface area contributed by atoms with Gasteiger partial charge in [-0.2, -0.15) is 0 Å². The largest absolute Gasteiger partial charge is 0.503 e. The van der Waals surface area contributed by atoms with Crippen LogP contribution in [0.5, 0.6) is 11.5 Å². The Hall–Kier alpha value is -3.82. The molecule has 1 aliphatic heterocycles. The van der Waals surface area contributed by atoms with Crippen LogP contribution >= 0.6 is 22.9 Å². The van der Waals surface area contributed by atoms with Gasteiger partial charge in [-0.1, -0.05) is 29.0 Å². The van der Waals surface area contributed by atoms with Gasteiger partial charge in [0.15, 0.2) is 28.1 Å². The van der Waals surface area contributed by atoms with Crippen LogP contribution in [0, 0.1) is 6.92 Å². The molecule has 0 saturated heterocycles. The number of aromatic nitrogens is 1. The fraction of sp³-hybridized carbons (Fsp3) is 0.192. The predicted octanol–water partition coefficient (Wildman–Crippen LogP) is 6.04. The number of hydrogen-bond acceptors (Lipinski definition) is 8. The van der Waals surface area contributed by atoms with Crippen LogP contribution in [0.2, 0.25) is 5.02 Å². The summed E-state index contributed by atoms with van der Waals surface area (Å²) in [6, 6.07) is 12.5. The van der Waals surface area contributed by atoms with Crippen molar-refractivity contribution in [1.82, 2.24) is 4.98 Å². The highest BCUT2D eigenvalue weighted by atomic mass is 35.5. The van der Waals surface area contributed by atoms with Crippen LogP contribution in [-0.4, -0.2) is 35.5 Å². The minimum Gasteiger partial charge on any atom is -0.503 e. The van der Waals surface area contributed by atoms with E-state index >= 15 is 0 Å². The summed E-state index contributed by atoms with van der Waals surface area (Å²) in [6.07, 6.45) is 0. The number of anilines is 1. The number of hydrogen-bond donors (Lipinski definition) is 1. The number of halogens is 1. The number of aryl methyl sites for hydroxylation is 1. The SMILES string of the molecule is CCOc1ccc(C2C(C(=O)c3ccc(C)o3)=C(O)C(=O)N2c2nc3ccc(Cl)cc3s2)cc1OC. The number of amides is 1. The van der Waals surface area contributed by atoms with E-state index in [2.05, 4.69) is 4.98 Å². The number of nitrogens with zero attached hydrogens (tertiary/aromatic N) is 2. The molecule has 1 aliphatic rings. The third-order valence-corrected chi connectivity index (χ3v) is 7.02. The second-order valence-electron chi connectivity index (χ2n) is 8.03. The third-order valence-electron chi connectivity index (χ3n) is 5.77. The summed E-state index contributed by atoms with van der Waals surface area (Å²) in [5, 5.41) is 11.8. The quantitative estimate of drug-likeness (QED) is 0.294. The second kappa shape index (κ2) is 9.33. The van der Waals surface area contributed by atoms with E-state index < -0.39 is 23.5 Å². The molecule has 1 atom stereocenters. The zero-order valence-electron chi connectivity index (χ0n) is 19.6. The molecule has 0 bridgehead atoms. The van der Waals surface area contributed by atoms with Gasteiger partial charge in [-0.25, -0.2) is 4.98 Å². The molecule has 1 amide bonds. The topological polar surface area (TPSA) is 102 Å². The van der Waals surface area contributed by atoms with Crippen molar-refractivity contribution in [3.05, 3.63) is 82.0 Å². The van der Waals surface area contributed by atoms with Gasteiger partial charge in [0.2, 0.25) is 5.78 Å². The van der Waals surface area contributed by atoms with Crippen LogP contribution in [0.4, 0.5) is 5.13 Å². The van der Waals surface area contributed by atoms with Crippen LogP contribution in [-0.2, 0) is 4.79 Å². The van der Waals surface area contributed by atoms with Gasteiger partial charge in [-0.3, -0.25) is 14.5 Å². The summed E-state index contributed by atoms with van der Waals surface area (Å²) >= 11 is 7.37. The van der Waals surface area contributed by atoms with Gasteiger partial charge in [0.05, 0.1) is 35.5 Å². The van der Waals surface area contributed by atoms with Gasteiger partial charge < -0.3 is 19.0 Å². The Morgan fingerprint density at radius 3 is 2.69 bits per heavy atom. The first-order valence-corrected chi connectivity index (χ1v) is 12.3. The van der Waals surface area contributed by atoms with E-state index in [1.807, 2.05) is 6.92 Å². The number of methoxy groups -OCH3 is 1. The number of aliphatic hydroxyl groups is 1. The standard InChI is InChI=1S/C26H21ClN2O6S/c1-4-34-17-10-6-14(11-19(17)33-3)22-21(23(30)18-9-5-13(2)35-18)24(31)25(32)29(22)26-28-16-8-7-15(27)12-20(16)36-26/h5-12,22,31H,4H2,1-3H3. The van der Waals surface area contributed by atoms with Crippen LogP contribution in [0.3, 0.4) is 0 Å². The van der Waals surface area contributed by atoms with Gasteiger partial charge in [0.1, 0.15) is 5.76 Å². The number of benzene rings is 2. The van der Waals surface area contributed by atoms with Crippen molar-refractivity contribution >= 4 is 50.0 Å². The highest BCUT2D eigenvalue weighted by Gasteiger charge is 2.46. The zero-order chi connectivity index (χ0) is 25.6. The van der Waals surface area contributed by atoms with E-state index in [-0.39, 0.29) is 11.3 Å². The number of ether oxygens (including phenoxy) is 2. The first-order chi connectivity index (χ1) is 17.3. The van der Waals surface area contributed by atoms with E-state index in [0.29, 0.717) is 45.1 Å². The Kier molecular flexibility index (Phi) is 6.19. The highest BCUT2D eigenvalue weighted by molar-refractivity contribution is 7.22. The minimum absolute atomic E-state index is 0.0164. The number of ketones is 1. The number of Topliss-reactive ketones (excluding diaryl/α,β-unsaturated/α-hetero) is 1. The molecule has 3 heterocycles. The van der Waals surface area contributed by atoms with Gasteiger partial charge in [-0.15, -0.1) is 0 Å². The Balaban J connectivity index is 1.69. The smallest absolute Gasteiger partial charge is 0.296 e. The number of thiazole rings is 1. The molecule has 1 unspecified atom stereocenters. The van der Waals surface area contributed by atoms with Crippen LogP contribution in [0.1, 0.15) is 34.8 Å².